The van der Waals surface area contributed by atoms with Gasteiger partial charge < -0.3 is 15.0 Å². The number of H-pyrrole nitrogens is 1. The number of ether oxygens (including phenoxy) is 1. The van der Waals surface area contributed by atoms with E-state index in [1.165, 1.54) is 6.92 Å². The van der Waals surface area contributed by atoms with Crippen molar-refractivity contribution < 1.29 is 14.3 Å². The highest BCUT2D eigenvalue weighted by atomic mass is 16.5. The van der Waals surface area contributed by atoms with Crippen LogP contribution in [0, 0.1) is 6.92 Å². The fourth-order valence-corrected chi connectivity index (χ4v) is 3.05. The van der Waals surface area contributed by atoms with E-state index < -0.39 is 0 Å². The molecule has 0 aliphatic heterocycles. The van der Waals surface area contributed by atoms with Crippen molar-refractivity contribution in [3.05, 3.63) is 52.3 Å². The predicted molar refractivity (Wildman–Crippen MR) is 103 cm³/mol. The van der Waals surface area contributed by atoms with Crippen LogP contribution < -0.4 is 10.1 Å². The van der Waals surface area contributed by atoms with Crippen LogP contribution in [0.15, 0.2) is 24.3 Å². The van der Waals surface area contributed by atoms with E-state index >= 15 is 0 Å². The Labute approximate surface area is 155 Å². The van der Waals surface area contributed by atoms with Gasteiger partial charge in [-0.3, -0.25) is 9.59 Å². The molecule has 2 aromatic rings. The number of benzene rings is 1. The molecule has 140 valence electrons. The number of nitrogens with one attached hydrogen (secondary N) is 2. The Hall–Kier alpha value is -2.56. The summed E-state index contributed by atoms with van der Waals surface area (Å²) >= 11 is 0. The van der Waals surface area contributed by atoms with Crippen LogP contribution in [0.25, 0.3) is 0 Å². The van der Waals surface area contributed by atoms with E-state index in [1.807, 2.05) is 38.1 Å². The van der Waals surface area contributed by atoms with Crippen LogP contribution in [0.4, 0.5) is 0 Å². The van der Waals surface area contributed by atoms with E-state index in [2.05, 4.69) is 17.2 Å². The smallest absolute Gasteiger partial charge is 0.268 e. The lowest BCUT2D eigenvalue weighted by Crippen LogP contribution is -2.24. The van der Waals surface area contributed by atoms with Gasteiger partial charge in [-0.25, -0.2) is 0 Å². The van der Waals surface area contributed by atoms with Gasteiger partial charge in [0.25, 0.3) is 5.91 Å². The van der Waals surface area contributed by atoms with Crippen molar-refractivity contribution in [1.82, 2.24) is 10.3 Å². The van der Waals surface area contributed by atoms with Gasteiger partial charge in [-0.05, 0) is 49.9 Å². The molecule has 0 aliphatic carbocycles. The molecule has 0 aliphatic rings. The van der Waals surface area contributed by atoms with Crippen molar-refractivity contribution in [3.8, 4) is 5.75 Å². The Balaban J connectivity index is 2.06. The molecule has 0 spiro atoms. The number of aromatic nitrogens is 1. The summed E-state index contributed by atoms with van der Waals surface area (Å²) in [4.78, 5) is 27.5. The van der Waals surface area contributed by atoms with Crippen molar-refractivity contribution in [1.29, 1.82) is 0 Å². The van der Waals surface area contributed by atoms with Crippen LogP contribution in [0.5, 0.6) is 5.75 Å². The Morgan fingerprint density at radius 1 is 1.23 bits per heavy atom. The van der Waals surface area contributed by atoms with Crippen molar-refractivity contribution in [2.45, 2.75) is 53.5 Å². The summed E-state index contributed by atoms with van der Waals surface area (Å²) in [6, 6.07) is 7.74. The van der Waals surface area contributed by atoms with Gasteiger partial charge >= 0.3 is 0 Å². The molecule has 5 heteroatoms. The van der Waals surface area contributed by atoms with Gasteiger partial charge in [-0.1, -0.05) is 32.4 Å². The summed E-state index contributed by atoms with van der Waals surface area (Å²) in [7, 11) is 0. The van der Waals surface area contributed by atoms with Crippen LogP contribution >= 0.6 is 0 Å². The summed E-state index contributed by atoms with van der Waals surface area (Å²) in [5.74, 6) is 0.593. The largest absolute Gasteiger partial charge is 0.494 e. The first-order valence-corrected chi connectivity index (χ1v) is 9.20. The molecule has 5 nitrogen and oxygen atoms in total. The average Bonchev–Trinajstić information content (AvgIpc) is 2.97. The van der Waals surface area contributed by atoms with Crippen LogP contribution in [0.1, 0.15) is 71.3 Å². The first-order valence-electron chi connectivity index (χ1n) is 9.20. The van der Waals surface area contributed by atoms with E-state index in [-0.39, 0.29) is 11.7 Å². The zero-order valence-corrected chi connectivity index (χ0v) is 16.1. The summed E-state index contributed by atoms with van der Waals surface area (Å²) in [6.07, 6.45) is 2.74. The van der Waals surface area contributed by atoms with Gasteiger partial charge in [-0.2, -0.15) is 0 Å². The average molecular weight is 356 g/mol. The molecule has 0 saturated heterocycles. The zero-order chi connectivity index (χ0) is 19.1. The van der Waals surface area contributed by atoms with Crippen molar-refractivity contribution in [2.75, 3.05) is 6.61 Å². The Kier molecular flexibility index (Phi) is 7.01. The van der Waals surface area contributed by atoms with E-state index in [4.69, 9.17) is 4.74 Å². The zero-order valence-electron chi connectivity index (χ0n) is 16.1. The molecule has 0 bridgehead atoms. The number of rotatable bonds is 9. The molecule has 0 atom stereocenters. The number of aromatic amines is 1. The van der Waals surface area contributed by atoms with Crippen molar-refractivity contribution >= 4 is 11.7 Å². The first kappa shape index (κ1) is 19.8. The molecule has 0 radical (unpaired) electrons. The fraction of sp³-hybridized carbons (Fsp3) is 0.429. The topological polar surface area (TPSA) is 71.2 Å². The third-order valence-corrected chi connectivity index (χ3v) is 4.34. The number of amides is 1. The molecular formula is C21H28N2O3. The SMILES string of the molecule is CCCCOc1cccc(CNC(=O)c2[nH]c(C)c(C(C)=O)c2CC)c1. The van der Waals surface area contributed by atoms with Crippen LogP contribution in [-0.4, -0.2) is 23.3 Å². The van der Waals surface area contributed by atoms with Gasteiger partial charge in [0.15, 0.2) is 5.78 Å². The minimum Gasteiger partial charge on any atom is -0.494 e. The van der Waals surface area contributed by atoms with Crippen LogP contribution in [0.2, 0.25) is 0 Å². The molecule has 1 heterocycles. The number of carbonyl (C=O) groups is 2. The summed E-state index contributed by atoms with van der Waals surface area (Å²) in [6.45, 7) is 8.52. The minimum absolute atomic E-state index is 0.0217. The van der Waals surface area contributed by atoms with E-state index in [1.54, 1.807) is 0 Å². The van der Waals surface area contributed by atoms with E-state index in [0.29, 0.717) is 30.8 Å². The normalized spacial score (nSPS) is 10.6. The number of aryl methyl sites for hydroxylation is 1. The maximum atomic E-state index is 12.6. The molecule has 0 unspecified atom stereocenters. The number of unbranched alkanes of at least 4 members (excludes halogenated alkanes) is 1. The number of ketones is 1. The summed E-state index contributed by atoms with van der Waals surface area (Å²) < 4.78 is 5.70. The number of carbonyl (C=O) groups excluding carboxylic acids is 2. The Morgan fingerprint density at radius 3 is 2.65 bits per heavy atom. The Morgan fingerprint density at radius 2 is 2.00 bits per heavy atom. The number of Topliss-reactive ketones (excluding diaryl/α,β-unsaturated/α-hetero) is 1. The van der Waals surface area contributed by atoms with Crippen molar-refractivity contribution in [2.24, 2.45) is 0 Å². The highest BCUT2D eigenvalue weighted by molar-refractivity contribution is 6.02. The highest BCUT2D eigenvalue weighted by Gasteiger charge is 2.21. The summed E-state index contributed by atoms with van der Waals surface area (Å²) in [5.41, 5.74) is 3.60. The minimum atomic E-state index is -0.199. The lowest BCUT2D eigenvalue weighted by Gasteiger charge is -2.09. The highest BCUT2D eigenvalue weighted by Crippen LogP contribution is 2.20. The quantitative estimate of drug-likeness (QED) is 0.522. The van der Waals surface area contributed by atoms with Crippen LogP contribution in [-0.2, 0) is 13.0 Å². The molecule has 26 heavy (non-hydrogen) atoms. The maximum Gasteiger partial charge on any atom is 0.268 e. The molecule has 1 aromatic heterocycles. The summed E-state index contributed by atoms with van der Waals surface area (Å²) in [5, 5.41) is 2.93. The lowest BCUT2D eigenvalue weighted by atomic mass is 10.0. The molecule has 0 fully saturated rings. The molecule has 1 amide bonds. The second-order valence-electron chi connectivity index (χ2n) is 6.42. The van der Waals surface area contributed by atoms with E-state index in [0.717, 1.165) is 35.4 Å². The molecule has 0 saturated carbocycles. The van der Waals surface area contributed by atoms with E-state index in [9.17, 15) is 9.59 Å². The molecule has 2 N–H and O–H groups in total. The van der Waals surface area contributed by atoms with Crippen molar-refractivity contribution in [3.63, 3.8) is 0 Å². The fourth-order valence-electron chi connectivity index (χ4n) is 3.05. The standard InChI is InChI=1S/C21H28N2O3/c1-5-7-11-26-17-10-8-9-16(12-17)13-22-21(25)20-18(6-2)19(15(4)24)14(3)23-20/h8-10,12,23H,5-7,11,13H2,1-4H3,(H,22,25). The molecule has 1 aromatic carbocycles. The van der Waals surface area contributed by atoms with Gasteiger partial charge in [0.2, 0.25) is 0 Å². The lowest BCUT2D eigenvalue weighted by molar-refractivity contribution is 0.0945. The molecular weight excluding hydrogens is 328 g/mol. The van der Waals surface area contributed by atoms with Gasteiger partial charge in [0.1, 0.15) is 11.4 Å². The second kappa shape index (κ2) is 9.22. The predicted octanol–water partition coefficient (Wildman–Crippen LogP) is 4.20. The third kappa shape index (κ3) is 4.75. The Bertz CT molecular complexity index is 778. The molecule has 2 rings (SSSR count). The van der Waals surface area contributed by atoms with Gasteiger partial charge in [0.05, 0.1) is 6.61 Å². The monoisotopic (exact) mass is 356 g/mol. The number of hydrogen-bond acceptors (Lipinski definition) is 3. The third-order valence-electron chi connectivity index (χ3n) is 4.34. The van der Waals surface area contributed by atoms with Gasteiger partial charge in [0, 0.05) is 17.8 Å². The van der Waals surface area contributed by atoms with Crippen LogP contribution in [0.3, 0.4) is 0 Å². The van der Waals surface area contributed by atoms with Gasteiger partial charge in [-0.15, -0.1) is 0 Å². The number of hydrogen-bond donors (Lipinski definition) is 2. The second-order valence-corrected chi connectivity index (χ2v) is 6.42. The maximum absolute atomic E-state index is 12.6. The first-order chi connectivity index (χ1) is 12.5.